The van der Waals surface area contributed by atoms with Crippen LogP contribution in [0.1, 0.15) is 28.4 Å². The Morgan fingerprint density at radius 3 is 2.74 bits per heavy atom. The van der Waals surface area contributed by atoms with E-state index in [1.807, 2.05) is 24.3 Å². The van der Waals surface area contributed by atoms with E-state index in [1.165, 1.54) is 11.0 Å². The molecule has 2 amide bonds. The van der Waals surface area contributed by atoms with Gasteiger partial charge < -0.3 is 16.0 Å². The molecule has 1 aliphatic heterocycles. The van der Waals surface area contributed by atoms with E-state index in [0.29, 0.717) is 19.5 Å². The highest BCUT2D eigenvalue weighted by Crippen LogP contribution is 2.33. The van der Waals surface area contributed by atoms with Crippen molar-refractivity contribution in [1.82, 2.24) is 25.0 Å². The second-order valence-electron chi connectivity index (χ2n) is 7.98. The lowest BCUT2D eigenvalue weighted by Gasteiger charge is -2.38. The van der Waals surface area contributed by atoms with E-state index in [-0.39, 0.29) is 29.8 Å². The molecule has 10 heteroatoms. The molecule has 2 aromatic heterocycles. The predicted molar refractivity (Wildman–Crippen MR) is 108 cm³/mol. The van der Waals surface area contributed by atoms with Crippen molar-refractivity contribution in [3.8, 4) is 0 Å². The summed E-state index contributed by atoms with van der Waals surface area (Å²) >= 11 is 0. The van der Waals surface area contributed by atoms with Gasteiger partial charge in [-0.15, -0.1) is 0 Å². The highest BCUT2D eigenvalue weighted by molar-refractivity contribution is 5.96. The summed E-state index contributed by atoms with van der Waals surface area (Å²) in [4.78, 5) is 30.0. The molecule has 3 N–H and O–H groups in total. The summed E-state index contributed by atoms with van der Waals surface area (Å²) in [5.74, 6) is -1.42. The number of halogens is 2. The standard InChI is InChI=1S/C21H20F2N6O2/c22-14-6-16(14)26-19(30)10-29-17-4-2-1-3-12(17)20(27-29)11-8-28(9-11)21(31)13-5-18(24)25-7-15(13)23/h1-5,7,11,14,16H,6,8-10H2,(H2,24,25)(H,26,30)/t14-,16+/m1/s1. The van der Waals surface area contributed by atoms with Crippen LogP contribution < -0.4 is 11.1 Å². The number of pyridine rings is 1. The first-order valence-electron chi connectivity index (χ1n) is 10.00. The fraction of sp³-hybridized carbons (Fsp3) is 0.333. The third-order valence-electron chi connectivity index (χ3n) is 5.70. The van der Waals surface area contributed by atoms with Gasteiger partial charge in [-0.25, -0.2) is 13.8 Å². The van der Waals surface area contributed by atoms with Gasteiger partial charge in [-0.05, 0) is 12.1 Å². The molecule has 0 spiro atoms. The van der Waals surface area contributed by atoms with Gasteiger partial charge >= 0.3 is 0 Å². The number of nitrogens with zero attached hydrogens (tertiary/aromatic N) is 4. The lowest BCUT2D eigenvalue weighted by Crippen LogP contribution is -2.49. The summed E-state index contributed by atoms with van der Waals surface area (Å²) in [5.41, 5.74) is 7.03. The van der Waals surface area contributed by atoms with E-state index in [2.05, 4.69) is 15.4 Å². The molecule has 1 aliphatic carbocycles. The number of nitrogens with one attached hydrogen (secondary N) is 1. The first kappa shape index (κ1) is 19.4. The quantitative estimate of drug-likeness (QED) is 0.645. The molecule has 31 heavy (non-hydrogen) atoms. The number of rotatable bonds is 5. The number of para-hydroxylation sites is 1. The van der Waals surface area contributed by atoms with Crippen LogP contribution in [0.2, 0.25) is 0 Å². The number of carbonyl (C=O) groups excluding carboxylic acids is 2. The Morgan fingerprint density at radius 2 is 2.00 bits per heavy atom. The normalized spacial score (nSPS) is 20.5. The predicted octanol–water partition coefficient (Wildman–Crippen LogP) is 1.62. The first-order chi connectivity index (χ1) is 14.9. The highest BCUT2D eigenvalue weighted by Gasteiger charge is 2.39. The topological polar surface area (TPSA) is 106 Å². The Morgan fingerprint density at radius 1 is 1.26 bits per heavy atom. The summed E-state index contributed by atoms with van der Waals surface area (Å²) in [6.45, 7) is 0.735. The van der Waals surface area contributed by atoms with Gasteiger partial charge in [0, 0.05) is 30.8 Å². The van der Waals surface area contributed by atoms with Gasteiger partial charge in [-0.2, -0.15) is 5.10 Å². The second-order valence-corrected chi connectivity index (χ2v) is 7.98. The second kappa shape index (κ2) is 7.29. The molecular formula is C21H20F2N6O2. The van der Waals surface area contributed by atoms with E-state index < -0.39 is 23.9 Å². The van der Waals surface area contributed by atoms with Crippen molar-refractivity contribution in [2.75, 3.05) is 18.8 Å². The molecule has 2 aliphatic rings. The van der Waals surface area contributed by atoms with Crippen LogP contribution >= 0.6 is 0 Å². The minimum atomic E-state index is -0.965. The number of alkyl halides is 1. The number of fused-ring (bicyclic) bond motifs is 1. The van der Waals surface area contributed by atoms with Gasteiger partial charge in [0.15, 0.2) is 5.82 Å². The SMILES string of the molecule is Nc1cc(C(=O)N2CC(c3nn(CC(=O)N[C@H]4C[C@H]4F)c4ccccc34)C2)c(F)cn1. The number of nitrogens with two attached hydrogens (primary N) is 1. The third kappa shape index (κ3) is 3.58. The zero-order valence-electron chi connectivity index (χ0n) is 16.5. The summed E-state index contributed by atoms with van der Waals surface area (Å²) in [5, 5.41) is 8.16. The maximum absolute atomic E-state index is 14.0. The maximum atomic E-state index is 14.0. The van der Waals surface area contributed by atoms with Gasteiger partial charge in [-0.1, -0.05) is 18.2 Å². The highest BCUT2D eigenvalue weighted by atomic mass is 19.1. The van der Waals surface area contributed by atoms with Crippen molar-refractivity contribution in [2.45, 2.75) is 31.1 Å². The molecule has 0 radical (unpaired) electrons. The number of aromatic nitrogens is 3. The van der Waals surface area contributed by atoms with Crippen molar-refractivity contribution in [1.29, 1.82) is 0 Å². The molecule has 5 rings (SSSR count). The largest absolute Gasteiger partial charge is 0.384 e. The third-order valence-corrected chi connectivity index (χ3v) is 5.70. The van der Waals surface area contributed by atoms with E-state index in [0.717, 1.165) is 22.8 Å². The molecule has 1 aromatic carbocycles. The zero-order chi connectivity index (χ0) is 21.7. The first-order valence-corrected chi connectivity index (χ1v) is 10.00. The van der Waals surface area contributed by atoms with Gasteiger partial charge in [0.25, 0.3) is 5.91 Å². The number of hydrogen-bond acceptors (Lipinski definition) is 5. The zero-order valence-corrected chi connectivity index (χ0v) is 16.5. The average Bonchev–Trinajstić information content (AvgIpc) is 3.28. The van der Waals surface area contributed by atoms with Gasteiger partial charge in [0.2, 0.25) is 5.91 Å². The number of carbonyl (C=O) groups is 2. The summed E-state index contributed by atoms with van der Waals surface area (Å²) in [6, 6.07) is 8.35. The van der Waals surface area contributed by atoms with Crippen LogP contribution in [0.5, 0.6) is 0 Å². The van der Waals surface area contributed by atoms with Crippen LogP contribution in [-0.2, 0) is 11.3 Å². The Balaban J connectivity index is 1.32. The number of hydrogen-bond donors (Lipinski definition) is 2. The Hall–Kier alpha value is -3.56. The lowest BCUT2D eigenvalue weighted by atomic mass is 9.93. The summed E-state index contributed by atoms with van der Waals surface area (Å²) < 4.78 is 28.6. The van der Waals surface area contributed by atoms with Crippen molar-refractivity contribution >= 4 is 28.5 Å². The molecule has 3 heterocycles. The van der Waals surface area contributed by atoms with Crippen LogP contribution in [-0.4, -0.2) is 56.8 Å². The van der Waals surface area contributed by atoms with E-state index in [4.69, 9.17) is 5.73 Å². The van der Waals surface area contributed by atoms with Crippen molar-refractivity contribution in [3.05, 3.63) is 53.6 Å². The van der Waals surface area contributed by atoms with Crippen LogP contribution in [0, 0.1) is 5.82 Å². The number of amides is 2. The van der Waals surface area contributed by atoms with Gasteiger partial charge in [0.05, 0.1) is 29.0 Å². The molecule has 160 valence electrons. The molecular weight excluding hydrogens is 406 g/mol. The molecule has 0 bridgehead atoms. The number of nitrogen functional groups attached to an aromatic ring is 1. The smallest absolute Gasteiger partial charge is 0.257 e. The molecule has 0 unspecified atom stereocenters. The van der Waals surface area contributed by atoms with Crippen LogP contribution in [0.4, 0.5) is 14.6 Å². The molecule has 3 aromatic rings. The Bertz CT molecular complexity index is 1190. The lowest BCUT2D eigenvalue weighted by molar-refractivity contribution is -0.122. The number of likely N-dealkylation sites (tertiary alicyclic amines) is 1. The van der Waals surface area contributed by atoms with Gasteiger partial charge in [-0.3, -0.25) is 14.3 Å². The number of benzene rings is 1. The van der Waals surface area contributed by atoms with Crippen molar-refractivity contribution in [3.63, 3.8) is 0 Å². The minimum absolute atomic E-state index is 0.0133. The maximum Gasteiger partial charge on any atom is 0.257 e. The van der Waals surface area contributed by atoms with E-state index in [9.17, 15) is 18.4 Å². The molecule has 1 saturated carbocycles. The average molecular weight is 426 g/mol. The van der Waals surface area contributed by atoms with E-state index in [1.54, 1.807) is 4.68 Å². The number of anilines is 1. The molecule has 2 fully saturated rings. The Labute approximate surface area is 176 Å². The minimum Gasteiger partial charge on any atom is -0.384 e. The fourth-order valence-corrected chi connectivity index (χ4v) is 3.88. The van der Waals surface area contributed by atoms with Gasteiger partial charge in [0.1, 0.15) is 18.5 Å². The monoisotopic (exact) mass is 426 g/mol. The summed E-state index contributed by atoms with van der Waals surface area (Å²) in [6.07, 6.45) is 0.326. The van der Waals surface area contributed by atoms with Crippen LogP contribution in [0.25, 0.3) is 10.9 Å². The molecule has 2 atom stereocenters. The fourth-order valence-electron chi connectivity index (χ4n) is 3.88. The summed E-state index contributed by atoms with van der Waals surface area (Å²) in [7, 11) is 0. The molecule has 8 nitrogen and oxygen atoms in total. The van der Waals surface area contributed by atoms with Crippen molar-refractivity contribution < 1.29 is 18.4 Å². The molecule has 1 saturated heterocycles. The van der Waals surface area contributed by atoms with Crippen molar-refractivity contribution in [2.24, 2.45) is 0 Å². The Kier molecular flexibility index (Phi) is 4.57. The van der Waals surface area contributed by atoms with E-state index >= 15 is 0 Å². The van der Waals surface area contributed by atoms with Crippen LogP contribution in [0.3, 0.4) is 0 Å². The van der Waals surface area contributed by atoms with Crippen LogP contribution in [0.15, 0.2) is 36.5 Å².